The summed E-state index contributed by atoms with van der Waals surface area (Å²) in [6, 6.07) is 11.6. The normalized spacial score (nSPS) is 19.9. The molecule has 2 heterocycles. The highest BCUT2D eigenvalue weighted by molar-refractivity contribution is 6.08. The molecule has 2 aliphatic heterocycles. The van der Waals surface area contributed by atoms with Crippen molar-refractivity contribution in [3.05, 3.63) is 71.4 Å². The predicted molar refractivity (Wildman–Crippen MR) is 114 cm³/mol. The van der Waals surface area contributed by atoms with Gasteiger partial charge in [-0.3, -0.25) is 14.9 Å². The van der Waals surface area contributed by atoms with Crippen LogP contribution < -0.4 is 20.7 Å². The molecule has 2 aromatic carbocycles. The maximum Gasteiger partial charge on any atom is 0.322 e. The zero-order chi connectivity index (χ0) is 22.0. The van der Waals surface area contributed by atoms with Crippen molar-refractivity contribution in [1.82, 2.24) is 15.5 Å². The molecule has 0 spiro atoms. The number of methoxy groups -OCH3 is 1. The maximum atomic E-state index is 13.0. The van der Waals surface area contributed by atoms with Gasteiger partial charge in [-0.25, -0.2) is 4.79 Å². The summed E-state index contributed by atoms with van der Waals surface area (Å²) in [7, 11) is 1.56. The second kappa shape index (κ2) is 7.94. The van der Waals surface area contributed by atoms with Crippen LogP contribution in [0.1, 0.15) is 21.5 Å². The molecule has 0 bridgehead atoms. The highest BCUT2D eigenvalue weighted by Crippen LogP contribution is 2.32. The van der Waals surface area contributed by atoms with Gasteiger partial charge in [0, 0.05) is 30.2 Å². The van der Waals surface area contributed by atoms with Crippen LogP contribution in [0.3, 0.4) is 0 Å². The molecular formula is C22H21N5O4. The summed E-state index contributed by atoms with van der Waals surface area (Å²) in [5.41, 5.74) is 1.26. The molecule has 1 unspecified atom stereocenters. The van der Waals surface area contributed by atoms with Crippen LogP contribution in [-0.2, 0) is 16.9 Å². The summed E-state index contributed by atoms with van der Waals surface area (Å²) in [6.07, 6.45) is 4.29. The molecule has 9 heteroatoms. The quantitative estimate of drug-likeness (QED) is 0.404. The average Bonchev–Trinajstić information content (AvgIpc) is 3.23. The molecule has 2 aliphatic rings. The zero-order valence-corrected chi connectivity index (χ0v) is 16.8. The number of benzene rings is 2. The molecule has 2 aromatic rings. The third-order valence-corrected chi connectivity index (χ3v) is 5.38. The molecule has 0 aliphatic carbocycles. The first kappa shape index (κ1) is 20.1. The van der Waals surface area contributed by atoms with Crippen molar-refractivity contribution in [2.75, 3.05) is 19.0 Å². The minimum Gasteiger partial charge on any atom is -0.497 e. The van der Waals surface area contributed by atoms with E-state index in [9.17, 15) is 14.4 Å². The van der Waals surface area contributed by atoms with Gasteiger partial charge in [-0.05, 0) is 47.5 Å². The summed E-state index contributed by atoms with van der Waals surface area (Å²) in [6.45, 7) is 0.297. The topological polar surface area (TPSA) is 124 Å². The third-order valence-electron chi connectivity index (χ3n) is 5.38. The number of carbonyl (C=O) groups is 3. The summed E-state index contributed by atoms with van der Waals surface area (Å²) in [4.78, 5) is 39.4. The molecule has 158 valence electrons. The van der Waals surface area contributed by atoms with Gasteiger partial charge in [-0.1, -0.05) is 12.1 Å². The molecule has 1 saturated heterocycles. The Bertz CT molecular complexity index is 1100. The van der Waals surface area contributed by atoms with Gasteiger partial charge in [0.25, 0.3) is 11.8 Å². The van der Waals surface area contributed by atoms with Gasteiger partial charge in [0.2, 0.25) is 0 Å². The first-order valence-electron chi connectivity index (χ1n) is 9.59. The Balaban J connectivity index is 1.63. The van der Waals surface area contributed by atoms with Crippen LogP contribution in [0.25, 0.3) is 0 Å². The van der Waals surface area contributed by atoms with Crippen LogP contribution in [0.5, 0.6) is 5.75 Å². The van der Waals surface area contributed by atoms with Crippen molar-refractivity contribution in [2.24, 2.45) is 0 Å². The third kappa shape index (κ3) is 3.61. The molecule has 4 rings (SSSR count). The highest BCUT2D eigenvalue weighted by atomic mass is 16.5. The van der Waals surface area contributed by atoms with Crippen molar-refractivity contribution in [2.45, 2.75) is 12.1 Å². The number of nitrogens with zero attached hydrogens (tertiary/aromatic N) is 1. The number of ether oxygens (including phenoxy) is 1. The van der Waals surface area contributed by atoms with Gasteiger partial charge in [0.1, 0.15) is 5.75 Å². The van der Waals surface area contributed by atoms with Crippen LogP contribution in [0.4, 0.5) is 10.5 Å². The van der Waals surface area contributed by atoms with Crippen LogP contribution in [-0.4, -0.2) is 42.6 Å². The van der Waals surface area contributed by atoms with E-state index in [-0.39, 0.29) is 12.5 Å². The van der Waals surface area contributed by atoms with Crippen molar-refractivity contribution in [1.29, 1.82) is 5.41 Å². The van der Waals surface area contributed by atoms with E-state index in [1.54, 1.807) is 60.7 Å². The fraction of sp³-hybridized carbons (Fsp3) is 0.182. The highest BCUT2D eigenvalue weighted by Gasteiger charge is 2.50. The Morgan fingerprint density at radius 2 is 1.97 bits per heavy atom. The van der Waals surface area contributed by atoms with E-state index in [1.807, 2.05) is 0 Å². The summed E-state index contributed by atoms with van der Waals surface area (Å²) < 4.78 is 5.24. The SMILES string of the molecule is COc1ccc2c(c1)CN(CC1(c3ccc(N/C=C\C=N)cc3)NC(=O)NC1=O)C2=O. The first-order valence-corrected chi connectivity index (χ1v) is 9.59. The number of fused-ring (bicyclic) bond motifs is 1. The number of nitrogens with one attached hydrogen (secondary N) is 4. The van der Waals surface area contributed by atoms with Gasteiger partial charge in [-0.2, -0.15) is 0 Å². The fourth-order valence-corrected chi connectivity index (χ4v) is 3.84. The van der Waals surface area contributed by atoms with E-state index in [0.717, 1.165) is 17.5 Å². The number of amides is 4. The summed E-state index contributed by atoms with van der Waals surface area (Å²) in [5, 5.41) is 15.0. The predicted octanol–water partition coefficient (Wildman–Crippen LogP) is 1.96. The minimum absolute atomic E-state index is 0.0130. The molecule has 1 atom stereocenters. The molecule has 1 fully saturated rings. The van der Waals surface area contributed by atoms with Crippen LogP contribution in [0.15, 0.2) is 54.7 Å². The second-order valence-corrected chi connectivity index (χ2v) is 7.25. The van der Waals surface area contributed by atoms with E-state index < -0.39 is 17.5 Å². The lowest BCUT2D eigenvalue weighted by atomic mass is 9.89. The van der Waals surface area contributed by atoms with Crippen molar-refractivity contribution in [3.63, 3.8) is 0 Å². The lowest BCUT2D eigenvalue weighted by molar-refractivity contribution is -0.124. The van der Waals surface area contributed by atoms with E-state index in [0.29, 0.717) is 23.4 Å². The Labute approximate surface area is 178 Å². The smallest absolute Gasteiger partial charge is 0.322 e. The number of carbonyl (C=O) groups excluding carboxylic acids is 3. The van der Waals surface area contributed by atoms with Crippen molar-refractivity contribution in [3.8, 4) is 5.75 Å². The summed E-state index contributed by atoms with van der Waals surface area (Å²) in [5.74, 6) is -0.0699. The first-order chi connectivity index (χ1) is 15.0. The number of imide groups is 1. The van der Waals surface area contributed by atoms with Gasteiger partial charge in [0.15, 0.2) is 5.54 Å². The average molecular weight is 419 g/mol. The molecule has 4 N–H and O–H groups in total. The van der Waals surface area contributed by atoms with E-state index in [2.05, 4.69) is 16.0 Å². The monoisotopic (exact) mass is 419 g/mol. The van der Waals surface area contributed by atoms with Gasteiger partial charge in [-0.15, -0.1) is 0 Å². The van der Waals surface area contributed by atoms with Gasteiger partial charge < -0.3 is 25.7 Å². The number of urea groups is 1. The van der Waals surface area contributed by atoms with E-state index in [4.69, 9.17) is 10.1 Å². The molecule has 31 heavy (non-hydrogen) atoms. The molecule has 0 radical (unpaired) electrons. The van der Waals surface area contributed by atoms with E-state index >= 15 is 0 Å². The molecular weight excluding hydrogens is 398 g/mol. The van der Waals surface area contributed by atoms with Gasteiger partial charge in [0.05, 0.1) is 13.7 Å². The number of hydrogen-bond acceptors (Lipinski definition) is 6. The van der Waals surface area contributed by atoms with Crippen molar-refractivity contribution >= 4 is 29.7 Å². The van der Waals surface area contributed by atoms with Crippen molar-refractivity contribution < 1.29 is 19.1 Å². The van der Waals surface area contributed by atoms with E-state index in [1.165, 1.54) is 6.08 Å². The number of allylic oxidation sites excluding steroid dienone is 1. The van der Waals surface area contributed by atoms with Crippen LogP contribution in [0, 0.1) is 5.41 Å². The Morgan fingerprint density at radius 1 is 1.19 bits per heavy atom. The lowest BCUT2D eigenvalue weighted by Crippen LogP contribution is -2.52. The second-order valence-electron chi connectivity index (χ2n) is 7.25. The molecule has 4 amide bonds. The van der Waals surface area contributed by atoms with Crippen LogP contribution >= 0.6 is 0 Å². The Hall–Kier alpha value is -4.14. The molecule has 0 saturated carbocycles. The lowest BCUT2D eigenvalue weighted by Gasteiger charge is -2.31. The zero-order valence-electron chi connectivity index (χ0n) is 16.8. The molecule has 9 nitrogen and oxygen atoms in total. The maximum absolute atomic E-state index is 13.0. The fourth-order valence-electron chi connectivity index (χ4n) is 3.84. The largest absolute Gasteiger partial charge is 0.497 e. The number of anilines is 1. The number of hydrogen-bond donors (Lipinski definition) is 4. The minimum atomic E-state index is -1.40. The number of rotatable bonds is 7. The summed E-state index contributed by atoms with van der Waals surface area (Å²) >= 11 is 0. The van der Waals surface area contributed by atoms with Crippen LogP contribution in [0.2, 0.25) is 0 Å². The Kier molecular flexibility index (Phi) is 5.16. The Morgan fingerprint density at radius 3 is 2.61 bits per heavy atom. The molecule has 0 aromatic heterocycles. The van der Waals surface area contributed by atoms with Gasteiger partial charge >= 0.3 is 6.03 Å². The standard InChI is InChI=1S/C22H21N5O4/c1-31-17-7-8-18-14(11-17)12-27(19(18)28)13-22(20(29)25-21(30)26-22)15-3-5-16(6-4-15)24-10-2-9-23/h2-11,23-24H,12-13H2,1H3,(H2,25,26,29,30)/b10-2-,23-9?.